The molecule has 0 saturated heterocycles. The summed E-state index contributed by atoms with van der Waals surface area (Å²) in [6.07, 6.45) is -1.48. The van der Waals surface area contributed by atoms with Gasteiger partial charge in [-0.15, -0.1) is 0 Å². The molecule has 7 nitrogen and oxygen atoms in total. The third-order valence-electron chi connectivity index (χ3n) is 2.40. The number of hydrazine groups is 1. The minimum absolute atomic E-state index is 0.0966. The van der Waals surface area contributed by atoms with E-state index in [2.05, 4.69) is 15.6 Å². The quantitative estimate of drug-likeness (QED) is 0.475. The van der Waals surface area contributed by atoms with Gasteiger partial charge in [0.25, 0.3) is 11.8 Å². The molecule has 0 saturated carbocycles. The first-order valence-corrected chi connectivity index (χ1v) is 6.90. The number of halogens is 2. The molecule has 2 N–H and O–H groups in total. The molecule has 22 heavy (non-hydrogen) atoms. The Bertz CT molecular complexity index is 559. The van der Waals surface area contributed by atoms with Crippen molar-refractivity contribution in [3.63, 3.8) is 0 Å². The summed E-state index contributed by atoms with van der Waals surface area (Å²) in [5.41, 5.74) is 4.32. The van der Waals surface area contributed by atoms with Crippen LogP contribution >= 0.6 is 23.2 Å². The Balaban J connectivity index is 2.66. The molecule has 0 bridgehead atoms. The number of hydrogen-bond donors (Lipinski definition) is 2. The van der Waals surface area contributed by atoms with Crippen molar-refractivity contribution >= 4 is 41.0 Å². The predicted molar refractivity (Wildman–Crippen MR) is 79.5 cm³/mol. The number of methoxy groups -OCH3 is 1. The Morgan fingerprint density at radius 1 is 1.14 bits per heavy atom. The van der Waals surface area contributed by atoms with E-state index in [4.69, 9.17) is 27.9 Å². The van der Waals surface area contributed by atoms with Crippen LogP contribution in [0, 0.1) is 0 Å². The number of carbonyl (C=O) groups is 3. The van der Waals surface area contributed by atoms with Gasteiger partial charge in [0.05, 0.1) is 6.61 Å². The van der Waals surface area contributed by atoms with Crippen LogP contribution in [0.15, 0.2) is 18.2 Å². The first kappa shape index (κ1) is 18.2. The summed E-state index contributed by atoms with van der Waals surface area (Å²) in [7, 11) is 1.17. The Hall–Kier alpha value is -1.83. The summed E-state index contributed by atoms with van der Waals surface area (Å²) in [5, 5.41) is 0.538. The first-order valence-electron chi connectivity index (χ1n) is 6.14. The summed E-state index contributed by atoms with van der Waals surface area (Å²) in [5.74, 6) is -2.39. The molecule has 2 amide bonds. The molecule has 0 radical (unpaired) electrons. The number of carbonyl (C=O) groups excluding carboxylic acids is 3. The third kappa shape index (κ3) is 5.18. The summed E-state index contributed by atoms with van der Waals surface area (Å²) in [6.45, 7) is 1.69. The van der Waals surface area contributed by atoms with Gasteiger partial charge in [0.2, 0.25) is 6.10 Å². The minimum atomic E-state index is -1.48. The molecule has 9 heteroatoms. The van der Waals surface area contributed by atoms with Crippen LogP contribution < -0.4 is 10.9 Å². The zero-order valence-electron chi connectivity index (χ0n) is 11.8. The lowest BCUT2D eigenvalue weighted by molar-refractivity contribution is -0.160. The summed E-state index contributed by atoms with van der Waals surface area (Å²) in [6, 6.07) is 4.20. The van der Waals surface area contributed by atoms with Crippen molar-refractivity contribution in [2.45, 2.75) is 13.0 Å². The molecule has 0 fully saturated rings. The monoisotopic (exact) mass is 348 g/mol. The van der Waals surface area contributed by atoms with Crippen molar-refractivity contribution in [2.24, 2.45) is 0 Å². The average Bonchev–Trinajstić information content (AvgIpc) is 2.44. The number of amides is 2. The van der Waals surface area contributed by atoms with E-state index in [1.54, 1.807) is 6.92 Å². The highest BCUT2D eigenvalue weighted by molar-refractivity contribution is 6.35. The Kier molecular flexibility index (Phi) is 7.10. The zero-order chi connectivity index (χ0) is 16.7. The second kappa shape index (κ2) is 8.57. The maximum absolute atomic E-state index is 11.9. The molecule has 1 aromatic rings. The molecule has 1 aromatic carbocycles. The van der Waals surface area contributed by atoms with E-state index in [9.17, 15) is 14.4 Å². The maximum Gasteiger partial charge on any atom is 0.345 e. The molecule has 1 unspecified atom stereocenters. The van der Waals surface area contributed by atoms with Crippen LogP contribution in [0.2, 0.25) is 10.0 Å². The number of rotatable bonds is 5. The normalized spacial score (nSPS) is 11.5. The topological polar surface area (TPSA) is 93.7 Å². The Labute approximate surface area is 136 Å². The number of benzene rings is 1. The van der Waals surface area contributed by atoms with E-state index in [1.165, 1.54) is 25.3 Å². The van der Waals surface area contributed by atoms with Crippen molar-refractivity contribution < 1.29 is 23.9 Å². The highest BCUT2D eigenvalue weighted by Crippen LogP contribution is 2.18. The van der Waals surface area contributed by atoms with Crippen LogP contribution in [0.3, 0.4) is 0 Å². The largest absolute Gasteiger partial charge is 0.464 e. The van der Waals surface area contributed by atoms with E-state index in [0.717, 1.165) is 0 Å². The van der Waals surface area contributed by atoms with Crippen LogP contribution in [0.1, 0.15) is 17.3 Å². The lowest BCUT2D eigenvalue weighted by Gasteiger charge is -2.14. The van der Waals surface area contributed by atoms with Gasteiger partial charge in [-0.25, -0.2) is 4.79 Å². The molecule has 120 valence electrons. The molecule has 0 spiro atoms. The standard InChI is InChI=1S/C13H14Cl2N2O5/c1-3-22-13(20)10(21-2)12(19)17-16-11(18)7-4-8(14)6-9(15)5-7/h4-6,10H,3H2,1-2H3,(H,16,18)(H,17,19). The highest BCUT2D eigenvalue weighted by Gasteiger charge is 2.28. The van der Waals surface area contributed by atoms with E-state index >= 15 is 0 Å². The summed E-state index contributed by atoms with van der Waals surface area (Å²) < 4.78 is 9.39. The van der Waals surface area contributed by atoms with E-state index in [0.29, 0.717) is 0 Å². The predicted octanol–water partition coefficient (Wildman–Crippen LogP) is 1.33. The van der Waals surface area contributed by atoms with Gasteiger partial charge in [0.15, 0.2) is 0 Å². The van der Waals surface area contributed by atoms with E-state index in [-0.39, 0.29) is 22.2 Å². The molecule has 1 rings (SSSR count). The number of nitrogens with one attached hydrogen (secondary N) is 2. The van der Waals surface area contributed by atoms with Gasteiger partial charge in [-0.2, -0.15) is 0 Å². The van der Waals surface area contributed by atoms with Crippen LogP contribution in [-0.2, 0) is 19.1 Å². The maximum atomic E-state index is 11.9. The van der Waals surface area contributed by atoms with Gasteiger partial charge in [-0.1, -0.05) is 23.2 Å². The molecule has 0 aliphatic carbocycles. The van der Waals surface area contributed by atoms with Crippen molar-refractivity contribution in [3.8, 4) is 0 Å². The van der Waals surface area contributed by atoms with E-state index < -0.39 is 23.9 Å². The second-order valence-electron chi connectivity index (χ2n) is 3.97. The molecule has 0 heterocycles. The second-order valence-corrected chi connectivity index (χ2v) is 4.84. The van der Waals surface area contributed by atoms with Crippen LogP contribution in [-0.4, -0.2) is 37.6 Å². The fourth-order valence-corrected chi connectivity index (χ4v) is 2.00. The average molecular weight is 349 g/mol. The number of ether oxygens (including phenoxy) is 2. The van der Waals surface area contributed by atoms with Gasteiger partial charge >= 0.3 is 5.97 Å². The fourth-order valence-electron chi connectivity index (χ4n) is 1.47. The van der Waals surface area contributed by atoms with Gasteiger partial charge in [-0.3, -0.25) is 20.4 Å². The molecule has 0 aliphatic heterocycles. The third-order valence-corrected chi connectivity index (χ3v) is 2.83. The summed E-state index contributed by atoms with van der Waals surface area (Å²) in [4.78, 5) is 35.1. The van der Waals surface area contributed by atoms with Crippen molar-refractivity contribution in [3.05, 3.63) is 33.8 Å². The summed E-state index contributed by atoms with van der Waals surface area (Å²) >= 11 is 11.5. The lowest BCUT2D eigenvalue weighted by Crippen LogP contribution is -2.49. The molecule has 0 aromatic heterocycles. The fraction of sp³-hybridized carbons (Fsp3) is 0.308. The van der Waals surface area contributed by atoms with Crippen molar-refractivity contribution in [1.29, 1.82) is 0 Å². The SMILES string of the molecule is CCOC(=O)C(OC)C(=O)NNC(=O)c1cc(Cl)cc(Cl)c1. The van der Waals surface area contributed by atoms with Crippen molar-refractivity contribution in [2.75, 3.05) is 13.7 Å². The molecule has 1 atom stereocenters. The highest BCUT2D eigenvalue weighted by atomic mass is 35.5. The minimum Gasteiger partial charge on any atom is -0.464 e. The molecular weight excluding hydrogens is 335 g/mol. The molecular formula is C13H14Cl2N2O5. The first-order chi connectivity index (χ1) is 10.4. The zero-order valence-corrected chi connectivity index (χ0v) is 13.3. The van der Waals surface area contributed by atoms with Crippen LogP contribution in [0.4, 0.5) is 0 Å². The lowest BCUT2D eigenvalue weighted by atomic mass is 10.2. The van der Waals surface area contributed by atoms with Crippen molar-refractivity contribution in [1.82, 2.24) is 10.9 Å². The van der Waals surface area contributed by atoms with Crippen LogP contribution in [0.25, 0.3) is 0 Å². The number of esters is 1. The van der Waals surface area contributed by atoms with E-state index in [1.807, 2.05) is 0 Å². The van der Waals surface area contributed by atoms with Gasteiger partial charge in [0.1, 0.15) is 0 Å². The Morgan fingerprint density at radius 2 is 1.73 bits per heavy atom. The van der Waals surface area contributed by atoms with Crippen LogP contribution in [0.5, 0.6) is 0 Å². The smallest absolute Gasteiger partial charge is 0.345 e. The van der Waals surface area contributed by atoms with Gasteiger partial charge in [0, 0.05) is 22.7 Å². The van der Waals surface area contributed by atoms with Gasteiger partial charge < -0.3 is 9.47 Å². The number of hydrogen-bond acceptors (Lipinski definition) is 5. The van der Waals surface area contributed by atoms with Gasteiger partial charge in [-0.05, 0) is 25.1 Å². The molecule has 0 aliphatic rings. The Morgan fingerprint density at radius 3 is 2.23 bits per heavy atom.